The number of nitrogens with zero attached hydrogens (tertiary/aromatic N) is 1. The van der Waals surface area contributed by atoms with Gasteiger partial charge in [0.25, 0.3) is 0 Å². The Balaban J connectivity index is 2.03. The minimum Gasteiger partial charge on any atom is -0.493 e. The van der Waals surface area contributed by atoms with Crippen molar-refractivity contribution in [2.24, 2.45) is 11.7 Å². The molecule has 24 heavy (non-hydrogen) atoms. The highest BCUT2D eigenvalue weighted by Crippen LogP contribution is 2.31. The van der Waals surface area contributed by atoms with Crippen LogP contribution in [0.3, 0.4) is 0 Å². The topological polar surface area (TPSA) is 76.8 Å². The number of carbonyl (C=O) groups is 1. The van der Waals surface area contributed by atoms with Crippen LogP contribution in [0.5, 0.6) is 11.5 Å². The number of hydrogen-bond donors (Lipinski definition) is 2. The summed E-state index contributed by atoms with van der Waals surface area (Å²) in [5.41, 5.74) is 7.83. The Bertz CT molecular complexity index is 563. The predicted octanol–water partition coefficient (Wildman–Crippen LogP) is 1.30. The Morgan fingerprint density at radius 1 is 1.33 bits per heavy atom. The average Bonchev–Trinajstić information content (AvgIpc) is 2.61. The second kappa shape index (κ2) is 8.89. The molecule has 3 N–H and O–H groups in total. The summed E-state index contributed by atoms with van der Waals surface area (Å²) >= 11 is 0. The zero-order valence-electron chi connectivity index (χ0n) is 14.9. The van der Waals surface area contributed by atoms with E-state index in [0.29, 0.717) is 13.1 Å². The number of ether oxygens (including phenoxy) is 2. The van der Waals surface area contributed by atoms with Gasteiger partial charge in [0.1, 0.15) is 0 Å². The standard InChI is InChI=1S/C18H29N3O3/c1-13-9-16(23-2)17(24-3)10-15(13)12-21-8-4-5-14(11-21)18(22)20-7-6-19/h9-10,14H,4-8,11-12,19H2,1-3H3,(H,20,22). The van der Waals surface area contributed by atoms with Gasteiger partial charge in [-0.2, -0.15) is 0 Å². The molecule has 0 aromatic heterocycles. The van der Waals surface area contributed by atoms with E-state index < -0.39 is 0 Å². The lowest BCUT2D eigenvalue weighted by Gasteiger charge is -2.32. The van der Waals surface area contributed by atoms with Crippen molar-refractivity contribution in [1.82, 2.24) is 10.2 Å². The van der Waals surface area contributed by atoms with Gasteiger partial charge in [-0.3, -0.25) is 9.69 Å². The first-order valence-corrected chi connectivity index (χ1v) is 8.50. The summed E-state index contributed by atoms with van der Waals surface area (Å²) in [7, 11) is 3.29. The lowest BCUT2D eigenvalue weighted by molar-refractivity contribution is -0.126. The predicted molar refractivity (Wildman–Crippen MR) is 94.3 cm³/mol. The van der Waals surface area contributed by atoms with Crippen LogP contribution in [0.2, 0.25) is 0 Å². The first-order chi connectivity index (χ1) is 11.6. The van der Waals surface area contributed by atoms with Gasteiger partial charge in [0.05, 0.1) is 20.1 Å². The molecule has 1 fully saturated rings. The van der Waals surface area contributed by atoms with Crippen LogP contribution in [-0.4, -0.2) is 51.2 Å². The number of nitrogens with one attached hydrogen (secondary N) is 1. The molecule has 0 spiro atoms. The number of aryl methyl sites for hydroxylation is 1. The van der Waals surface area contributed by atoms with Crippen LogP contribution in [0.4, 0.5) is 0 Å². The average molecular weight is 335 g/mol. The van der Waals surface area contributed by atoms with E-state index >= 15 is 0 Å². The number of carbonyl (C=O) groups excluding carboxylic acids is 1. The highest BCUT2D eigenvalue weighted by atomic mass is 16.5. The molecule has 6 nitrogen and oxygen atoms in total. The second-order valence-electron chi connectivity index (χ2n) is 6.29. The van der Waals surface area contributed by atoms with E-state index in [2.05, 4.69) is 17.1 Å². The zero-order chi connectivity index (χ0) is 17.5. The molecule has 1 saturated heterocycles. The van der Waals surface area contributed by atoms with Gasteiger partial charge in [0.2, 0.25) is 5.91 Å². The molecule has 1 aromatic rings. The molecule has 1 aliphatic rings. The maximum atomic E-state index is 12.2. The van der Waals surface area contributed by atoms with Gasteiger partial charge in [-0.05, 0) is 49.6 Å². The Hall–Kier alpha value is -1.79. The fourth-order valence-electron chi connectivity index (χ4n) is 3.19. The van der Waals surface area contributed by atoms with E-state index in [4.69, 9.17) is 15.2 Å². The normalized spacial score (nSPS) is 18.2. The molecule has 2 rings (SSSR count). The van der Waals surface area contributed by atoms with Crippen LogP contribution in [0.1, 0.15) is 24.0 Å². The highest BCUT2D eigenvalue weighted by molar-refractivity contribution is 5.78. The van der Waals surface area contributed by atoms with Gasteiger partial charge in [-0.1, -0.05) is 0 Å². The van der Waals surface area contributed by atoms with Gasteiger partial charge in [0.15, 0.2) is 11.5 Å². The van der Waals surface area contributed by atoms with Gasteiger partial charge < -0.3 is 20.5 Å². The molecule has 1 atom stereocenters. The molecule has 0 bridgehead atoms. The van der Waals surface area contributed by atoms with Crippen molar-refractivity contribution in [2.45, 2.75) is 26.3 Å². The number of piperidine rings is 1. The van der Waals surface area contributed by atoms with Crippen LogP contribution < -0.4 is 20.5 Å². The van der Waals surface area contributed by atoms with Gasteiger partial charge in [-0.25, -0.2) is 0 Å². The van der Waals surface area contributed by atoms with Crippen molar-refractivity contribution in [3.8, 4) is 11.5 Å². The summed E-state index contributed by atoms with van der Waals surface area (Å²) in [6.45, 7) is 5.70. The van der Waals surface area contributed by atoms with Crippen molar-refractivity contribution in [3.63, 3.8) is 0 Å². The summed E-state index contributed by atoms with van der Waals surface area (Å²) in [5.74, 6) is 1.66. The summed E-state index contributed by atoms with van der Waals surface area (Å²) in [6, 6.07) is 4.04. The maximum absolute atomic E-state index is 12.2. The van der Waals surface area contributed by atoms with Crippen LogP contribution >= 0.6 is 0 Å². The molecule has 0 saturated carbocycles. The molecular formula is C18H29N3O3. The third kappa shape index (κ3) is 4.61. The van der Waals surface area contributed by atoms with Crippen LogP contribution in [0.25, 0.3) is 0 Å². The molecule has 1 amide bonds. The number of benzene rings is 1. The molecular weight excluding hydrogens is 306 g/mol. The lowest BCUT2D eigenvalue weighted by atomic mass is 9.96. The largest absolute Gasteiger partial charge is 0.493 e. The number of methoxy groups -OCH3 is 2. The third-order valence-corrected chi connectivity index (χ3v) is 4.56. The van der Waals surface area contributed by atoms with Crippen LogP contribution in [0, 0.1) is 12.8 Å². The van der Waals surface area contributed by atoms with E-state index in [1.54, 1.807) is 14.2 Å². The fourth-order valence-corrected chi connectivity index (χ4v) is 3.19. The Labute approximate surface area is 144 Å². The maximum Gasteiger partial charge on any atom is 0.224 e. The van der Waals surface area contributed by atoms with E-state index in [-0.39, 0.29) is 11.8 Å². The van der Waals surface area contributed by atoms with Crippen molar-refractivity contribution in [1.29, 1.82) is 0 Å². The van der Waals surface area contributed by atoms with Gasteiger partial charge in [-0.15, -0.1) is 0 Å². The smallest absolute Gasteiger partial charge is 0.224 e. The molecule has 1 aromatic carbocycles. The first-order valence-electron chi connectivity index (χ1n) is 8.50. The van der Waals surface area contributed by atoms with Crippen molar-refractivity contribution in [2.75, 3.05) is 40.4 Å². The summed E-state index contributed by atoms with van der Waals surface area (Å²) < 4.78 is 10.8. The van der Waals surface area contributed by atoms with E-state index in [9.17, 15) is 4.79 Å². The van der Waals surface area contributed by atoms with Crippen molar-refractivity contribution < 1.29 is 14.3 Å². The number of hydrogen-bond acceptors (Lipinski definition) is 5. The SMILES string of the molecule is COc1cc(C)c(CN2CCCC(C(=O)NCCN)C2)cc1OC. The van der Waals surface area contributed by atoms with Crippen molar-refractivity contribution in [3.05, 3.63) is 23.3 Å². The second-order valence-corrected chi connectivity index (χ2v) is 6.29. The van der Waals surface area contributed by atoms with E-state index in [1.165, 1.54) is 11.1 Å². The minimum absolute atomic E-state index is 0.0470. The van der Waals surface area contributed by atoms with Crippen molar-refractivity contribution >= 4 is 5.91 Å². The molecule has 0 aliphatic carbocycles. The molecule has 1 unspecified atom stereocenters. The highest BCUT2D eigenvalue weighted by Gasteiger charge is 2.26. The number of likely N-dealkylation sites (tertiary alicyclic amines) is 1. The Kier molecular flexibility index (Phi) is 6.87. The summed E-state index contributed by atoms with van der Waals surface area (Å²) in [5, 5.41) is 2.90. The molecule has 1 aliphatic heterocycles. The third-order valence-electron chi connectivity index (χ3n) is 4.56. The van der Waals surface area contributed by atoms with Gasteiger partial charge >= 0.3 is 0 Å². The lowest BCUT2D eigenvalue weighted by Crippen LogP contribution is -2.43. The minimum atomic E-state index is 0.0470. The molecule has 0 radical (unpaired) electrons. The van der Waals surface area contributed by atoms with E-state index in [1.807, 2.05) is 12.1 Å². The Morgan fingerprint density at radius 2 is 2.04 bits per heavy atom. The molecule has 6 heteroatoms. The summed E-state index contributed by atoms with van der Waals surface area (Å²) in [4.78, 5) is 14.5. The Morgan fingerprint density at radius 3 is 2.71 bits per heavy atom. The number of amides is 1. The molecule has 1 heterocycles. The number of rotatable bonds is 7. The van der Waals surface area contributed by atoms with E-state index in [0.717, 1.165) is 44.0 Å². The first kappa shape index (κ1) is 18.5. The zero-order valence-corrected chi connectivity index (χ0v) is 14.9. The quantitative estimate of drug-likeness (QED) is 0.785. The van der Waals surface area contributed by atoms with Gasteiger partial charge in [0, 0.05) is 26.2 Å². The van der Waals surface area contributed by atoms with Crippen LogP contribution in [-0.2, 0) is 11.3 Å². The fraction of sp³-hybridized carbons (Fsp3) is 0.611. The molecule has 134 valence electrons. The monoisotopic (exact) mass is 335 g/mol. The van der Waals surface area contributed by atoms with Crippen LogP contribution in [0.15, 0.2) is 12.1 Å². The summed E-state index contributed by atoms with van der Waals surface area (Å²) in [6.07, 6.45) is 1.98. The number of nitrogens with two attached hydrogens (primary N) is 1.